The molecule has 0 radical (unpaired) electrons. The van der Waals surface area contributed by atoms with E-state index in [2.05, 4.69) is 47.6 Å². The average Bonchev–Trinajstić information content (AvgIpc) is 3.06. The molecular weight excluding hydrogens is 380 g/mol. The Morgan fingerprint density at radius 2 is 1.71 bits per heavy atom. The fourth-order valence-corrected chi connectivity index (χ4v) is 9.29. The average molecular weight is 431 g/mol. The molecule has 0 heterocycles. The third-order valence-electron chi connectivity index (χ3n) is 11.4. The lowest BCUT2D eigenvalue weighted by Crippen LogP contribution is -2.52. The minimum absolute atomic E-state index is 0.203. The first-order chi connectivity index (χ1) is 14.5. The minimum Gasteiger partial charge on any atom is -0.365 e. The molecule has 0 aromatic heterocycles. The molecule has 1 unspecified atom stereocenters. The molecule has 2 nitrogen and oxygen atoms in total. The van der Waals surface area contributed by atoms with Crippen LogP contribution in [-0.4, -0.2) is 16.0 Å². The zero-order valence-electron chi connectivity index (χ0n) is 21.3. The summed E-state index contributed by atoms with van der Waals surface area (Å²) in [5.74, 6) is 4.42. The summed E-state index contributed by atoms with van der Waals surface area (Å²) < 4.78 is 0. The van der Waals surface area contributed by atoms with E-state index in [0.717, 1.165) is 47.8 Å². The molecule has 0 amide bonds. The molecule has 178 valence electrons. The summed E-state index contributed by atoms with van der Waals surface area (Å²) in [6.07, 6.45) is 15.3. The number of aliphatic hydroxyl groups is 2. The van der Waals surface area contributed by atoms with Crippen LogP contribution in [0.5, 0.6) is 0 Å². The molecule has 2 N–H and O–H groups in total. The predicted octanol–water partition coefficient (Wildman–Crippen LogP) is 7.34. The third-order valence-corrected chi connectivity index (χ3v) is 11.4. The van der Waals surface area contributed by atoms with Crippen LogP contribution < -0.4 is 0 Å². The van der Waals surface area contributed by atoms with Gasteiger partial charge < -0.3 is 10.2 Å². The van der Waals surface area contributed by atoms with Crippen molar-refractivity contribution in [2.75, 3.05) is 0 Å². The van der Waals surface area contributed by atoms with Crippen molar-refractivity contribution in [3.63, 3.8) is 0 Å². The third kappa shape index (κ3) is 4.07. The fraction of sp³-hybridized carbons (Fsp3) is 0.931. The first-order valence-corrected chi connectivity index (χ1v) is 13.7. The second-order valence-electron chi connectivity index (χ2n) is 13.1. The van der Waals surface area contributed by atoms with Crippen molar-refractivity contribution in [2.24, 2.45) is 52.3 Å². The van der Waals surface area contributed by atoms with Gasteiger partial charge in [-0.2, -0.15) is 0 Å². The van der Waals surface area contributed by atoms with E-state index in [9.17, 15) is 10.2 Å². The van der Waals surface area contributed by atoms with Gasteiger partial charge in [-0.3, -0.25) is 0 Å². The Morgan fingerprint density at radius 3 is 2.39 bits per heavy atom. The molecule has 4 aliphatic carbocycles. The van der Waals surface area contributed by atoms with Crippen LogP contribution in [0.1, 0.15) is 112 Å². The van der Waals surface area contributed by atoms with Crippen LogP contribution >= 0.6 is 0 Å². The molecule has 3 fully saturated rings. The van der Waals surface area contributed by atoms with Crippen molar-refractivity contribution in [1.82, 2.24) is 0 Å². The van der Waals surface area contributed by atoms with Crippen LogP contribution in [0.3, 0.4) is 0 Å². The van der Waals surface area contributed by atoms with E-state index < -0.39 is 5.79 Å². The highest BCUT2D eigenvalue weighted by atomic mass is 16.5. The SMILES string of the molecule is CCC(CC[C@@H](C)[C@H]1CC[C@H]2[C@@H]3CC=C4CC(O)(O)CC[C@]4(C)[C@H]3CC[C@]12C)C(C)C. The van der Waals surface area contributed by atoms with Crippen LogP contribution in [0.2, 0.25) is 0 Å². The zero-order chi connectivity index (χ0) is 22.6. The predicted molar refractivity (Wildman–Crippen MR) is 129 cm³/mol. The maximum absolute atomic E-state index is 10.3. The van der Waals surface area contributed by atoms with Gasteiger partial charge in [-0.05, 0) is 97.2 Å². The molecule has 0 aliphatic heterocycles. The molecule has 8 atom stereocenters. The first-order valence-electron chi connectivity index (χ1n) is 13.7. The fourth-order valence-electron chi connectivity index (χ4n) is 9.29. The van der Waals surface area contributed by atoms with Gasteiger partial charge in [-0.1, -0.05) is 66.0 Å². The molecule has 4 rings (SSSR count). The number of fused-ring (bicyclic) bond motifs is 5. The maximum Gasteiger partial charge on any atom is 0.166 e. The monoisotopic (exact) mass is 430 g/mol. The highest BCUT2D eigenvalue weighted by Crippen LogP contribution is 2.67. The van der Waals surface area contributed by atoms with Crippen molar-refractivity contribution in [3.05, 3.63) is 11.6 Å². The second kappa shape index (κ2) is 8.46. The molecule has 0 saturated heterocycles. The van der Waals surface area contributed by atoms with Gasteiger partial charge in [0.2, 0.25) is 0 Å². The summed E-state index contributed by atoms with van der Waals surface area (Å²) in [6, 6.07) is 0. The van der Waals surface area contributed by atoms with Crippen LogP contribution in [0.25, 0.3) is 0 Å². The van der Waals surface area contributed by atoms with Crippen molar-refractivity contribution in [3.8, 4) is 0 Å². The van der Waals surface area contributed by atoms with E-state index in [4.69, 9.17) is 0 Å². The Labute approximate surface area is 192 Å². The molecular formula is C29H50O2. The minimum atomic E-state index is -1.47. The number of hydrogen-bond donors (Lipinski definition) is 2. The number of rotatable bonds is 6. The Morgan fingerprint density at radius 1 is 0.968 bits per heavy atom. The van der Waals surface area contributed by atoms with Gasteiger partial charge in [-0.25, -0.2) is 0 Å². The Kier molecular flexibility index (Phi) is 6.50. The molecule has 0 aromatic carbocycles. The summed E-state index contributed by atoms with van der Waals surface area (Å²) in [5, 5.41) is 20.5. The van der Waals surface area contributed by atoms with Crippen molar-refractivity contribution >= 4 is 0 Å². The van der Waals surface area contributed by atoms with E-state index >= 15 is 0 Å². The lowest BCUT2D eigenvalue weighted by Gasteiger charge is -2.59. The van der Waals surface area contributed by atoms with Crippen molar-refractivity contribution in [1.29, 1.82) is 0 Å². The summed E-state index contributed by atoms with van der Waals surface area (Å²) in [4.78, 5) is 0. The quantitative estimate of drug-likeness (QED) is 0.342. The van der Waals surface area contributed by atoms with Gasteiger partial charge in [0, 0.05) is 12.8 Å². The summed E-state index contributed by atoms with van der Waals surface area (Å²) in [7, 11) is 0. The lowest BCUT2D eigenvalue weighted by atomic mass is 9.46. The van der Waals surface area contributed by atoms with Gasteiger partial charge in [-0.15, -0.1) is 0 Å². The highest BCUT2D eigenvalue weighted by molar-refractivity contribution is 5.26. The van der Waals surface area contributed by atoms with Crippen LogP contribution in [0.4, 0.5) is 0 Å². The van der Waals surface area contributed by atoms with Gasteiger partial charge in [0.1, 0.15) is 0 Å². The van der Waals surface area contributed by atoms with Crippen molar-refractivity contribution < 1.29 is 10.2 Å². The molecule has 0 bridgehead atoms. The summed E-state index contributed by atoms with van der Waals surface area (Å²) in [5.41, 5.74) is 2.08. The summed E-state index contributed by atoms with van der Waals surface area (Å²) >= 11 is 0. The standard InChI is InChI=1S/C29H50O2/c1-7-21(19(2)3)9-8-20(4)24-12-13-25-23-11-10-22-18-29(30,31)17-16-27(22,5)26(23)14-15-28(24,25)6/h10,19-21,23-26,30-31H,7-9,11-18H2,1-6H3/t20-,21?,23+,24-,25+,26+,27+,28-/m1/s1. The molecule has 2 heteroatoms. The Bertz CT molecular complexity index is 678. The second-order valence-corrected chi connectivity index (χ2v) is 13.1. The lowest BCUT2D eigenvalue weighted by molar-refractivity contribution is -0.189. The van der Waals surface area contributed by atoms with E-state index in [-0.39, 0.29) is 5.41 Å². The van der Waals surface area contributed by atoms with E-state index in [0.29, 0.717) is 18.3 Å². The molecule has 31 heavy (non-hydrogen) atoms. The van der Waals surface area contributed by atoms with Gasteiger partial charge in [0.25, 0.3) is 0 Å². The number of allylic oxidation sites excluding steroid dienone is 1. The van der Waals surface area contributed by atoms with E-state index in [1.54, 1.807) is 0 Å². The normalized spacial score (nSPS) is 43.6. The molecule has 0 aromatic rings. The zero-order valence-corrected chi connectivity index (χ0v) is 21.3. The van der Waals surface area contributed by atoms with Gasteiger partial charge >= 0.3 is 0 Å². The first kappa shape index (κ1) is 23.8. The smallest absolute Gasteiger partial charge is 0.166 e. The topological polar surface area (TPSA) is 40.5 Å². The highest BCUT2D eigenvalue weighted by Gasteiger charge is 2.59. The van der Waals surface area contributed by atoms with Crippen LogP contribution in [0.15, 0.2) is 11.6 Å². The molecule has 0 spiro atoms. The largest absolute Gasteiger partial charge is 0.365 e. The Balaban J connectivity index is 1.48. The molecule has 3 saturated carbocycles. The van der Waals surface area contributed by atoms with Gasteiger partial charge in [0.15, 0.2) is 5.79 Å². The maximum atomic E-state index is 10.3. The Hall–Kier alpha value is -0.340. The van der Waals surface area contributed by atoms with E-state index in [1.807, 2.05) is 0 Å². The van der Waals surface area contributed by atoms with Crippen LogP contribution in [-0.2, 0) is 0 Å². The van der Waals surface area contributed by atoms with Gasteiger partial charge in [0.05, 0.1) is 0 Å². The van der Waals surface area contributed by atoms with E-state index in [1.165, 1.54) is 56.9 Å². The van der Waals surface area contributed by atoms with Crippen molar-refractivity contribution in [2.45, 2.75) is 118 Å². The number of hydrogen-bond acceptors (Lipinski definition) is 2. The van der Waals surface area contributed by atoms with Crippen LogP contribution in [0, 0.1) is 52.3 Å². The molecule has 4 aliphatic rings. The summed E-state index contributed by atoms with van der Waals surface area (Å²) in [6.45, 7) is 14.9.